The Labute approximate surface area is 168 Å². The summed E-state index contributed by atoms with van der Waals surface area (Å²) >= 11 is 7.74. The molecule has 1 saturated carbocycles. The SMILES string of the molecule is Cl.Cl.O=C(c1csc(C2CC2)n1)N1CCNCC1c1cccc(Cl)c1. The lowest BCUT2D eigenvalue weighted by Gasteiger charge is -2.36. The fraction of sp³-hybridized carbons (Fsp3) is 0.412. The second kappa shape index (κ2) is 8.69. The number of thiazole rings is 1. The van der Waals surface area contributed by atoms with Gasteiger partial charge in [0, 0.05) is 36.0 Å². The monoisotopic (exact) mass is 419 g/mol. The lowest BCUT2D eigenvalue weighted by atomic mass is 10.0. The van der Waals surface area contributed by atoms with Crippen LogP contribution in [0.3, 0.4) is 0 Å². The van der Waals surface area contributed by atoms with Crippen molar-refractivity contribution in [2.24, 2.45) is 0 Å². The molecule has 1 N–H and O–H groups in total. The highest BCUT2D eigenvalue weighted by Crippen LogP contribution is 2.41. The highest BCUT2D eigenvalue weighted by Gasteiger charge is 2.32. The van der Waals surface area contributed by atoms with E-state index < -0.39 is 0 Å². The quantitative estimate of drug-likeness (QED) is 0.805. The molecule has 2 heterocycles. The third kappa shape index (κ3) is 4.47. The molecule has 1 aliphatic heterocycles. The number of hydrogen-bond donors (Lipinski definition) is 1. The molecule has 0 bridgehead atoms. The molecule has 1 aromatic carbocycles. The van der Waals surface area contributed by atoms with Gasteiger partial charge in [0.05, 0.1) is 11.0 Å². The van der Waals surface area contributed by atoms with Crippen LogP contribution in [0.5, 0.6) is 0 Å². The third-order valence-corrected chi connectivity index (χ3v) is 5.65. The van der Waals surface area contributed by atoms with Gasteiger partial charge in [-0.2, -0.15) is 0 Å². The molecule has 4 rings (SSSR count). The van der Waals surface area contributed by atoms with E-state index in [1.54, 1.807) is 11.3 Å². The molecule has 0 spiro atoms. The zero-order valence-corrected chi connectivity index (χ0v) is 16.7. The van der Waals surface area contributed by atoms with Gasteiger partial charge in [-0.1, -0.05) is 23.7 Å². The van der Waals surface area contributed by atoms with Gasteiger partial charge in [0.1, 0.15) is 5.69 Å². The van der Waals surface area contributed by atoms with Crippen LogP contribution in [0.25, 0.3) is 0 Å². The Morgan fingerprint density at radius 2 is 2.12 bits per heavy atom. The van der Waals surface area contributed by atoms with Gasteiger partial charge in [-0.3, -0.25) is 4.79 Å². The van der Waals surface area contributed by atoms with E-state index in [-0.39, 0.29) is 36.8 Å². The zero-order chi connectivity index (χ0) is 15.8. The van der Waals surface area contributed by atoms with Crippen LogP contribution >= 0.6 is 47.8 Å². The van der Waals surface area contributed by atoms with Crippen molar-refractivity contribution in [2.75, 3.05) is 19.6 Å². The summed E-state index contributed by atoms with van der Waals surface area (Å²) in [7, 11) is 0. The lowest BCUT2D eigenvalue weighted by molar-refractivity contribution is 0.0629. The first-order chi connectivity index (χ1) is 11.2. The fourth-order valence-corrected chi connectivity index (χ4v) is 4.17. The van der Waals surface area contributed by atoms with E-state index in [4.69, 9.17) is 11.6 Å². The van der Waals surface area contributed by atoms with Crippen LogP contribution in [0, 0.1) is 0 Å². The number of carbonyl (C=O) groups is 1. The molecule has 1 saturated heterocycles. The van der Waals surface area contributed by atoms with Crippen molar-refractivity contribution in [3.8, 4) is 0 Å². The maximum atomic E-state index is 12.9. The van der Waals surface area contributed by atoms with Gasteiger partial charge in [-0.25, -0.2) is 4.98 Å². The van der Waals surface area contributed by atoms with Crippen molar-refractivity contribution in [3.63, 3.8) is 0 Å². The minimum absolute atomic E-state index is 0. The molecule has 1 unspecified atom stereocenters. The van der Waals surface area contributed by atoms with Gasteiger partial charge < -0.3 is 10.2 Å². The summed E-state index contributed by atoms with van der Waals surface area (Å²) in [5, 5.41) is 7.09. The largest absolute Gasteiger partial charge is 0.328 e. The molecule has 1 aromatic heterocycles. The van der Waals surface area contributed by atoms with E-state index in [0.29, 0.717) is 23.2 Å². The molecule has 1 atom stereocenters. The van der Waals surface area contributed by atoms with Crippen LogP contribution < -0.4 is 5.32 Å². The lowest BCUT2D eigenvalue weighted by Crippen LogP contribution is -2.48. The third-order valence-electron chi connectivity index (χ3n) is 4.41. The summed E-state index contributed by atoms with van der Waals surface area (Å²) in [5.41, 5.74) is 1.65. The van der Waals surface area contributed by atoms with Crippen molar-refractivity contribution >= 4 is 53.7 Å². The van der Waals surface area contributed by atoms with E-state index in [1.807, 2.05) is 34.5 Å². The Kier molecular flexibility index (Phi) is 7.11. The maximum absolute atomic E-state index is 12.9. The first-order valence-corrected chi connectivity index (χ1v) is 9.21. The molecule has 136 valence electrons. The zero-order valence-electron chi connectivity index (χ0n) is 13.5. The number of carbonyl (C=O) groups excluding carboxylic acids is 1. The Morgan fingerprint density at radius 3 is 2.84 bits per heavy atom. The minimum atomic E-state index is 0. The topological polar surface area (TPSA) is 45.2 Å². The average molecular weight is 421 g/mol. The number of nitrogens with zero attached hydrogens (tertiary/aromatic N) is 2. The predicted octanol–water partition coefficient (Wildman–Crippen LogP) is 4.30. The number of piperazine rings is 1. The molecular formula is C17H20Cl3N3OS. The second-order valence-corrected chi connectivity index (χ2v) is 7.44. The van der Waals surface area contributed by atoms with Gasteiger partial charge in [0.15, 0.2) is 0 Å². The summed E-state index contributed by atoms with van der Waals surface area (Å²) in [5.74, 6) is 0.618. The first kappa shape index (κ1) is 20.5. The van der Waals surface area contributed by atoms with Crippen LogP contribution in [-0.4, -0.2) is 35.4 Å². The van der Waals surface area contributed by atoms with Gasteiger partial charge in [0.25, 0.3) is 5.91 Å². The number of aromatic nitrogens is 1. The van der Waals surface area contributed by atoms with Crippen LogP contribution in [0.2, 0.25) is 5.02 Å². The Hall–Kier alpha value is -0.850. The van der Waals surface area contributed by atoms with E-state index in [1.165, 1.54) is 12.8 Å². The summed E-state index contributed by atoms with van der Waals surface area (Å²) in [6, 6.07) is 7.76. The Morgan fingerprint density at radius 1 is 1.32 bits per heavy atom. The van der Waals surface area contributed by atoms with E-state index >= 15 is 0 Å². The highest BCUT2D eigenvalue weighted by molar-refractivity contribution is 7.10. The number of amides is 1. The highest BCUT2D eigenvalue weighted by atomic mass is 35.5. The fourth-order valence-electron chi connectivity index (χ4n) is 3.01. The van der Waals surface area contributed by atoms with Gasteiger partial charge in [-0.05, 0) is 30.5 Å². The van der Waals surface area contributed by atoms with Crippen LogP contribution in [-0.2, 0) is 0 Å². The van der Waals surface area contributed by atoms with Crippen LogP contribution in [0.4, 0.5) is 0 Å². The van der Waals surface area contributed by atoms with Crippen molar-refractivity contribution < 1.29 is 4.79 Å². The van der Waals surface area contributed by atoms with E-state index in [2.05, 4.69) is 10.3 Å². The number of benzene rings is 1. The normalized spacial score (nSPS) is 19.7. The van der Waals surface area contributed by atoms with E-state index in [0.717, 1.165) is 23.7 Å². The van der Waals surface area contributed by atoms with Crippen molar-refractivity contribution in [1.82, 2.24) is 15.2 Å². The summed E-state index contributed by atoms with van der Waals surface area (Å²) < 4.78 is 0. The smallest absolute Gasteiger partial charge is 0.273 e. The Bertz CT molecular complexity index is 735. The number of rotatable bonds is 3. The molecule has 8 heteroatoms. The molecule has 4 nitrogen and oxygen atoms in total. The minimum Gasteiger partial charge on any atom is -0.328 e. The van der Waals surface area contributed by atoms with Gasteiger partial charge in [0.2, 0.25) is 0 Å². The van der Waals surface area contributed by atoms with Crippen LogP contribution in [0.1, 0.15) is 45.9 Å². The number of nitrogens with one attached hydrogen (secondary N) is 1. The molecular weight excluding hydrogens is 401 g/mol. The molecule has 2 aliphatic rings. The van der Waals surface area contributed by atoms with Crippen LogP contribution in [0.15, 0.2) is 29.6 Å². The summed E-state index contributed by atoms with van der Waals surface area (Å²) in [6.07, 6.45) is 2.42. The number of halogens is 3. The second-order valence-electron chi connectivity index (χ2n) is 6.12. The molecule has 1 aliphatic carbocycles. The maximum Gasteiger partial charge on any atom is 0.273 e. The molecule has 1 amide bonds. The van der Waals surface area contributed by atoms with Crippen molar-refractivity contribution in [1.29, 1.82) is 0 Å². The molecule has 2 aromatic rings. The predicted molar refractivity (Wildman–Crippen MR) is 107 cm³/mol. The van der Waals surface area contributed by atoms with Gasteiger partial charge >= 0.3 is 0 Å². The van der Waals surface area contributed by atoms with Crippen molar-refractivity contribution in [2.45, 2.75) is 24.8 Å². The van der Waals surface area contributed by atoms with Crippen molar-refractivity contribution in [3.05, 3.63) is 50.9 Å². The van der Waals surface area contributed by atoms with E-state index in [9.17, 15) is 4.79 Å². The molecule has 2 fully saturated rings. The average Bonchev–Trinajstić information content (AvgIpc) is 3.31. The standard InChI is InChI=1S/C17H18ClN3OS.2ClH/c18-13-3-1-2-12(8-13)15-9-19-6-7-21(15)17(22)14-10-23-16(20-14)11-4-5-11;;/h1-3,8,10-11,15,19H,4-7,9H2;2*1H. The first-order valence-electron chi connectivity index (χ1n) is 7.95. The van der Waals surface area contributed by atoms with Gasteiger partial charge in [-0.15, -0.1) is 36.2 Å². The number of hydrogen-bond acceptors (Lipinski definition) is 4. The molecule has 0 radical (unpaired) electrons. The summed E-state index contributed by atoms with van der Waals surface area (Å²) in [6.45, 7) is 2.24. The summed E-state index contributed by atoms with van der Waals surface area (Å²) in [4.78, 5) is 19.4. The Balaban J connectivity index is 0.00000113. The molecule has 25 heavy (non-hydrogen) atoms.